The zero-order valence-electron chi connectivity index (χ0n) is 12.9. The Labute approximate surface area is 125 Å². The van der Waals surface area contributed by atoms with Gasteiger partial charge in [-0.3, -0.25) is 0 Å². The fourth-order valence-electron chi connectivity index (χ4n) is 3.02. The Morgan fingerprint density at radius 1 is 1.19 bits per heavy atom. The van der Waals surface area contributed by atoms with Crippen LogP contribution in [0.3, 0.4) is 0 Å². The molecule has 3 rings (SSSR count). The van der Waals surface area contributed by atoms with Gasteiger partial charge in [0.1, 0.15) is 0 Å². The molecule has 0 N–H and O–H groups in total. The van der Waals surface area contributed by atoms with Crippen LogP contribution in [0, 0.1) is 12.7 Å². The van der Waals surface area contributed by atoms with Gasteiger partial charge in [-0.2, -0.15) is 0 Å². The van der Waals surface area contributed by atoms with Crippen molar-refractivity contribution in [2.45, 2.75) is 39.5 Å². The zero-order chi connectivity index (χ0) is 15.0. The fraction of sp³-hybridized carbons (Fsp3) is 0.368. The molecule has 0 fully saturated rings. The van der Waals surface area contributed by atoms with Crippen LogP contribution in [0.5, 0.6) is 5.75 Å². The summed E-state index contributed by atoms with van der Waals surface area (Å²) in [7, 11) is 0. The lowest BCUT2D eigenvalue weighted by Gasteiger charge is -2.22. The zero-order valence-corrected chi connectivity index (χ0v) is 12.9. The van der Waals surface area contributed by atoms with E-state index >= 15 is 0 Å². The van der Waals surface area contributed by atoms with Crippen molar-refractivity contribution >= 4 is 0 Å². The maximum Gasteiger partial charge on any atom is 0.165 e. The summed E-state index contributed by atoms with van der Waals surface area (Å²) in [5, 5.41) is 0. The summed E-state index contributed by atoms with van der Waals surface area (Å²) < 4.78 is 19.8. The third-order valence-corrected chi connectivity index (χ3v) is 4.30. The molecule has 0 saturated carbocycles. The van der Waals surface area contributed by atoms with Crippen LogP contribution in [0.2, 0.25) is 0 Å². The first kappa shape index (κ1) is 14.1. The van der Waals surface area contributed by atoms with Gasteiger partial charge in [-0.05, 0) is 54.0 Å². The largest absolute Gasteiger partial charge is 0.490 e. The maximum atomic E-state index is 14.3. The van der Waals surface area contributed by atoms with E-state index in [0.717, 1.165) is 35.1 Å². The summed E-state index contributed by atoms with van der Waals surface area (Å²) in [4.78, 5) is 0. The topological polar surface area (TPSA) is 9.23 Å². The Morgan fingerprint density at radius 3 is 2.76 bits per heavy atom. The molecule has 0 aromatic heterocycles. The summed E-state index contributed by atoms with van der Waals surface area (Å²) in [5.74, 6) is 0.693. The van der Waals surface area contributed by atoms with Crippen molar-refractivity contribution in [1.29, 1.82) is 0 Å². The van der Waals surface area contributed by atoms with E-state index in [4.69, 9.17) is 4.74 Å². The van der Waals surface area contributed by atoms with E-state index in [0.29, 0.717) is 18.3 Å². The van der Waals surface area contributed by atoms with E-state index in [1.165, 1.54) is 5.56 Å². The van der Waals surface area contributed by atoms with Crippen molar-refractivity contribution in [3.8, 4) is 16.9 Å². The second kappa shape index (κ2) is 5.51. The highest BCUT2D eigenvalue weighted by Gasteiger charge is 2.20. The number of ether oxygens (including phenoxy) is 1. The number of hydrogen-bond donors (Lipinski definition) is 0. The van der Waals surface area contributed by atoms with Crippen LogP contribution >= 0.6 is 0 Å². The number of fused-ring (bicyclic) bond motifs is 1. The van der Waals surface area contributed by atoms with Gasteiger partial charge in [0.15, 0.2) is 11.6 Å². The van der Waals surface area contributed by atoms with E-state index in [1.807, 2.05) is 0 Å². The minimum absolute atomic E-state index is 0.236. The van der Waals surface area contributed by atoms with Crippen LogP contribution in [0.25, 0.3) is 11.1 Å². The summed E-state index contributed by atoms with van der Waals surface area (Å²) in [6.45, 7) is 7.04. The van der Waals surface area contributed by atoms with Crippen molar-refractivity contribution in [3.05, 3.63) is 52.8 Å². The molecule has 0 spiro atoms. The van der Waals surface area contributed by atoms with Crippen molar-refractivity contribution in [2.75, 3.05) is 6.61 Å². The van der Waals surface area contributed by atoms with Crippen LogP contribution in [0.1, 0.15) is 42.9 Å². The lowest BCUT2D eigenvalue weighted by Crippen LogP contribution is -2.12. The summed E-state index contributed by atoms with van der Waals surface area (Å²) in [5.41, 5.74) is 5.53. The standard InChI is InChI=1S/C19H21FO/c1-12(2)14-6-4-7-15(10-14)17-11-18(20)19-16(13(17)3)8-5-9-21-19/h4,6-7,10-12H,5,8-9H2,1-3H3. The molecule has 2 aromatic carbocycles. The van der Waals surface area contributed by atoms with Gasteiger partial charge >= 0.3 is 0 Å². The van der Waals surface area contributed by atoms with Crippen LogP contribution in [0.4, 0.5) is 4.39 Å². The fourth-order valence-corrected chi connectivity index (χ4v) is 3.02. The first-order valence-corrected chi connectivity index (χ1v) is 7.63. The highest BCUT2D eigenvalue weighted by atomic mass is 19.1. The number of rotatable bonds is 2. The molecule has 1 heterocycles. The van der Waals surface area contributed by atoms with E-state index in [9.17, 15) is 4.39 Å². The molecule has 0 saturated heterocycles. The van der Waals surface area contributed by atoms with Crippen molar-refractivity contribution in [2.24, 2.45) is 0 Å². The van der Waals surface area contributed by atoms with Crippen LogP contribution in [-0.4, -0.2) is 6.61 Å². The average molecular weight is 284 g/mol. The van der Waals surface area contributed by atoms with Gasteiger partial charge in [-0.25, -0.2) is 4.39 Å². The Morgan fingerprint density at radius 2 is 2.00 bits per heavy atom. The smallest absolute Gasteiger partial charge is 0.165 e. The predicted molar refractivity (Wildman–Crippen MR) is 84.5 cm³/mol. The van der Waals surface area contributed by atoms with Gasteiger partial charge in [-0.1, -0.05) is 38.1 Å². The molecule has 1 nitrogen and oxygen atoms in total. The SMILES string of the molecule is Cc1c(-c2cccc(C(C)C)c2)cc(F)c2c1CCCO2. The van der Waals surface area contributed by atoms with E-state index < -0.39 is 0 Å². The molecular weight excluding hydrogens is 263 g/mol. The third kappa shape index (κ3) is 2.55. The Hall–Kier alpha value is -1.83. The van der Waals surface area contributed by atoms with E-state index in [1.54, 1.807) is 6.07 Å². The van der Waals surface area contributed by atoms with Gasteiger partial charge in [0.25, 0.3) is 0 Å². The molecule has 0 radical (unpaired) electrons. The molecular formula is C19H21FO. The minimum atomic E-state index is -0.236. The van der Waals surface area contributed by atoms with Crippen molar-refractivity contribution in [1.82, 2.24) is 0 Å². The quantitative estimate of drug-likeness (QED) is 0.732. The molecule has 0 unspecified atom stereocenters. The Balaban J connectivity index is 2.15. The Kier molecular flexibility index (Phi) is 3.71. The first-order valence-electron chi connectivity index (χ1n) is 7.63. The van der Waals surface area contributed by atoms with E-state index in [2.05, 4.69) is 45.0 Å². The maximum absolute atomic E-state index is 14.3. The van der Waals surface area contributed by atoms with Gasteiger partial charge in [0, 0.05) is 5.56 Å². The molecule has 2 heteroatoms. The molecule has 1 aliphatic rings. The third-order valence-electron chi connectivity index (χ3n) is 4.30. The number of benzene rings is 2. The second-order valence-electron chi connectivity index (χ2n) is 6.07. The Bertz CT molecular complexity index is 674. The average Bonchev–Trinajstić information content (AvgIpc) is 2.51. The highest BCUT2D eigenvalue weighted by molar-refractivity contribution is 5.71. The normalized spacial score (nSPS) is 14.0. The molecule has 21 heavy (non-hydrogen) atoms. The molecule has 1 aliphatic heterocycles. The summed E-state index contributed by atoms with van der Waals surface area (Å²) in [6, 6.07) is 10.0. The van der Waals surface area contributed by atoms with Crippen LogP contribution in [0.15, 0.2) is 30.3 Å². The van der Waals surface area contributed by atoms with Gasteiger partial charge in [0.05, 0.1) is 6.61 Å². The first-order chi connectivity index (χ1) is 10.1. The molecule has 0 bridgehead atoms. The molecule has 110 valence electrons. The monoisotopic (exact) mass is 284 g/mol. The number of hydrogen-bond acceptors (Lipinski definition) is 1. The van der Waals surface area contributed by atoms with Gasteiger partial charge < -0.3 is 4.74 Å². The molecule has 0 amide bonds. The molecule has 0 aliphatic carbocycles. The van der Waals surface area contributed by atoms with Crippen molar-refractivity contribution < 1.29 is 9.13 Å². The highest BCUT2D eigenvalue weighted by Crippen LogP contribution is 2.37. The van der Waals surface area contributed by atoms with Gasteiger partial charge in [0.2, 0.25) is 0 Å². The van der Waals surface area contributed by atoms with Gasteiger partial charge in [-0.15, -0.1) is 0 Å². The lowest BCUT2D eigenvalue weighted by molar-refractivity contribution is 0.273. The second-order valence-corrected chi connectivity index (χ2v) is 6.07. The van der Waals surface area contributed by atoms with E-state index in [-0.39, 0.29) is 5.82 Å². The molecule has 0 atom stereocenters. The minimum Gasteiger partial charge on any atom is -0.490 e. The predicted octanol–water partition coefficient (Wildman–Crippen LogP) is 5.25. The van der Waals surface area contributed by atoms with Crippen molar-refractivity contribution in [3.63, 3.8) is 0 Å². The molecule has 2 aromatic rings. The lowest BCUT2D eigenvalue weighted by atomic mass is 9.90. The van der Waals surface area contributed by atoms with Crippen LogP contribution in [-0.2, 0) is 6.42 Å². The van der Waals surface area contributed by atoms with Crippen LogP contribution < -0.4 is 4.74 Å². The summed E-state index contributed by atoms with van der Waals surface area (Å²) in [6.07, 6.45) is 1.86. The number of halogens is 1. The summed E-state index contributed by atoms with van der Waals surface area (Å²) >= 11 is 0.